The third-order valence-corrected chi connectivity index (χ3v) is 3.58. The molecule has 0 spiro atoms. The van der Waals surface area contributed by atoms with Crippen LogP contribution in [0, 0.1) is 11.3 Å². The molecule has 1 heterocycles. The van der Waals surface area contributed by atoms with Gasteiger partial charge in [-0.3, -0.25) is 4.98 Å². The van der Waals surface area contributed by atoms with Gasteiger partial charge in [0.15, 0.2) is 0 Å². The van der Waals surface area contributed by atoms with Gasteiger partial charge in [-0.05, 0) is 40.7 Å². The summed E-state index contributed by atoms with van der Waals surface area (Å²) in [4.78, 5) is 4.48. The molecule has 0 fully saturated rings. The predicted octanol–water partition coefficient (Wildman–Crippen LogP) is 5.11. The lowest BCUT2D eigenvalue weighted by Gasteiger charge is -2.25. The van der Waals surface area contributed by atoms with E-state index in [1.165, 1.54) is 11.5 Å². The summed E-state index contributed by atoms with van der Waals surface area (Å²) < 4.78 is 0. The van der Waals surface area contributed by atoms with Gasteiger partial charge < -0.3 is 0 Å². The largest absolute Gasteiger partial charge is 0.256 e. The minimum Gasteiger partial charge on any atom is -0.256 e. The Morgan fingerprint density at radius 1 is 0.950 bits per heavy atom. The average molecular weight is 266 g/mol. The minimum absolute atomic E-state index is 0.142. The zero-order chi connectivity index (χ0) is 15.0. The Morgan fingerprint density at radius 2 is 1.65 bits per heavy atom. The van der Waals surface area contributed by atoms with Gasteiger partial charge in [0, 0.05) is 17.7 Å². The van der Waals surface area contributed by atoms with Crippen molar-refractivity contribution >= 4 is 5.57 Å². The van der Waals surface area contributed by atoms with E-state index in [0.717, 1.165) is 11.3 Å². The number of rotatable bonds is 1. The van der Waals surface area contributed by atoms with Crippen LogP contribution in [0.15, 0.2) is 42.3 Å². The third-order valence-electron chi connectivity index (χ3n) is 3.58. The van der Waals surface area contributed by atoms with Crippen molar-refractivity contribution in [2.45, 2.75) is 47.0 Å². The molecule has 0 aromatic carbocycles. The quantitative estimate of drug-likeness (QED) is 0.644. The van der Waals surface area contributed by atoms with E-state index in [2.05, 4.69) is 82.6 Å². The Balaban J connectivity index is 2.36. The van der Waals surface area contributed by atoms with Crippen LogP contribution >= 0.6 is 0 Å². The van der Waals surface area contributed by atoms with E-state index in [1.807, 2.05) is 6.20 Å². The van der Waals surface area contributed by atoms with Gasteiger partial charge in [-0.15, -0.1) is 5.73 Å². The first-order chi connectivity index (χ1) is 9.18. The highest BCUT2D eigenvalue weighted by molar-refractivity contribution is 5.74. The molecule has 0 N–H and O–H groups in total. The number of aromatic nitrogens is 1. The van der Waals surface area contributed by atoms with Crippen LogP contribution in [-0.4, -0.2) is 4.98 Å². The van der Waals surface area contributed by atoms with Gasteiger partial charge in [0.2, 0.25) is 0 Å². The van der Waals surface area contributed by atoms with Crippen molar-refractivity contribution in [1.29, 1.82) is 0 Å². The molecule has 0 saturated carbocycles. The first-order valence-corrected chi connectivity index (χ1v) is 7.17. The van der Waals surface area contributed by atoms with E-state index in [-0.39, 0.29) is 10.8 Å². The van der Waals surface area contributed by atoms with Crippen molar-refractivity contribution in [2.24, 2.45) is 5.41 Å². The Bertz CT molecular complexity index is 585. The van der Waals surface area contributed by atoms with Crippen molar-refractivity contribution < 1.29 is 0 Å². The van der Waals surface area contributed by atoms with Crippen LogP contribution in [0.2, 0.25) is 0 Å². The maximum absolute atomic E-state index is 4.48. The summed E-state index contributed by atoms with van der Waals surface area (Å²) in [6.07, 6.45) is 8.27. The van der Waals surface area contributed by atoms with Gasteiger partial charge in [-0.25, -0.2) is 0 Å². The van der Waals surface area contributed by atoms with E-state index < -0.39 is 0 Å². The molecule has 2 rings (SSSR count). The van der Waals surface area contributed by atoms with Gasteiger partial charge in [0.05, 0.1) is 5.69 Å². The van der Waals surface area contributed by atoms with E-state index >= 15 is 0 Å². The fourth-order valence-electron chi connectivity index (χ4n) is 2.10. The Labute approximate surface area is 123 Å². The highest BCUT2D eigenvalue weighted by atomic mass is 14.7. The van der Waals surface area contributed by atoms with Crippen molar-refractivity contribution in [1.82, 2.24) is 4.98 Å². The molecule has 20 heavy (non-hydrogen) atoms. The average Bonchev–Trinajstić information content (AvgIpc) is 2.37. The molecule has 1 aliphatic rings. The lowest BCUT2D eigenvalue weighted by molar-refractivity contribution is 0.474. The number of allylic oxidation sites excluding steroid dienone is 3. The van der Waals surface area contributed by atoms with E-state index in [0.29, 0.717) is 0 Å². The molecule has 1 aromatic heterocycles. The molecule has 1 radical (unpaired) electrons. The smallest absolute Gasteiger partial charge is 0.0782 e. The molecule has 1 nitrogen and oxygen atoms in total. The molecule has 0 unspecified atom stereocenters. The minimum atomic E-state index is 0.142. The molecule has 105 valence electrons. The van der Waals surface area contributed by atoms with E-state index in [4.69, 9.17) is 0 Å². The van der Waals surface area contributed by atoms with Crippen molar-refractivity contribution in [3.63, 3.8) is 0 Å². The summed E-state index contributed by atoms with van der Waals surface area (Å²) in [6.45, 7) is 13.3. The summed E-state index contributed by atoms with van der Waals surface area (Å²) in [6, 6.07) is 4.26. The van der Waals surface area contributed by atoms with Crippen LogP contribution in [0.3, 0.4) is 0 Å². The zero-order valence-electron chi connectivity index (χ0n) is 13.4. The lowest BCUT2D eigenvalue weighted by Crippen LogP contribution is -2.15. The molecular weight excluding hydrogens is 242 g/mol. The predicted molar refractivity (Wildman–Crippen MR) is 86.3 cm³/mol. The summed E-state index contributed by atoms with van der Waals surface area (Å²) in [5.74, 6) is 1.30. The molecule has 1 aromatic rings. The van der Waals surface area contributed by atoms with Gasteiger partial charge in [-0.1, -0.05) is 47.6 Å². The molecule has 0 amide bonds. The molecule has 0 aliphatic heterocycles. The monoisotopic (exact) mass is 266 g/mol. The van der Waals surface area contributed by atoms with Gasteiger partial charge in [-0.2, -0.15) is 0 Å². The first kappa shape index (κ1) is 14.8. The van der Waals surface area contributed by atoms with Gasteiger partial charge >= 0.3 is 0 Å². The molecule has 0 atom stereocenters. The summed E-state index contributed by atoms with van der Waals surface area (Å²) >= 11 is 0. The zero-order valence-corrected chi connectivity index (χ0v) is 13.4. The van der Waals surface area contributed by atoms with Crippen LogP contribution < -0.4 is 0 Å². The maximum Gasteiger partial charge on any atom is 0.0782 e. The van der Waals surface area contributed by atoms with Crippen molar-refractivity contribution in [3.05, 3.63) is 59.5 Å². The number of hydrogen-bond acceptors (Lipinski definition) is 1. The molecule has 0 saturated heterocycles. The molecule has 0 bridgehead atoms. The second-order valence-corrected chi connectivity index (χ2v) is 7.42. The van der Waals surface area contributed by atoms with Crippen LogP contribution in [-0.2, 0) is 5.41 Å². The van der Waals surface area contributed by atoms with E-state index in [1.54, 1.807) is 0 Å². The molecule has 1 heteroatoms. The third kappa shape index (κ3) is 3.29. The second kappa shape index (κ2) is 5.07. The normalized spacial score (nSPS) is 16.4. The summed E-state index contributed by atoms with van der Waals surface area (Å²) in [5.41, 5.74) is 7.04. The number of pyridine rings is 1. The van der Waals surface area contributed by atoms with Crippen LogP contribution in [0.1, 0.15) is 52.8 Å². The summed E-state index contributed by atoms with van der Waals surface area (Å²) in [5, 5.41) is 0. The first-order valence-electron chi connectivity index (χ1n) is 7.17. The van der Waals surface area contributed by atoms with Crippen LogP contribution in [0.25, 0.3) is 5.57 Å². The Kier molecular flexibility index (Phi) is 3.75. The van der Waals surface area contributed by atoms with Crippen molar-refractivity contribution in [3.8, 4) is 0 Å². The van der Waals surface area contributed by atoms with Crippen LogP contribution in [0.4, 0.5) is 0 Å². The highest BCUT2D eigenvalue weighted by Gasteiger charge is 2.22. The highest BCUT2D eigenvalue weighted by Crippen LogP contribution is 2.33. The number of hydrogen-bond donors (Lipinski definition) is 0. The number of nitrogens with zero attached hydrogens (tertiary/aromatic N) is 1. The maximum atomic E-state index is 4.48. The standard InChI is InChI=1S/C19H24N/c1-18(2,3)15-9-7-14(8-10-15)17-13-16(11-12-20-17)19(4,5)6/h7,9-13H,1-6H3. The molecule has 1 aliphatic carbocycles. The topological polar surface area (TPSA) is 12.9 Å². The van der Waals surface area contributed by atoms with Gasteiger partial charge in [0.1, 0.15) is 0 Å². The van der Waals surface area contributed by atoms with Crippen LogP contribution in [0.5, 0.6) is 0 Å². The van der Waals surface area contributed by atoms with E-state index in [9.17, 15) is 0 Å². The molecular formula is C19H24N. The second-order valence-electron chi connectivity index (χ2n) is 7.42. The Hall–Kier alpha value is -1.59. The fraction of sp³-hybridized carbons (Fsp3) is 0.421. The van der Waals surface area contributed by atoms with Crippen molar-refractivity contribution in [2.75, 3.05) is 0 Å². The fourth-order valence-corrected chi connectivity index (χ4v) is 2.10. The SMILES string of the molecule is CC(C)(C)[C]1C=C=C(c2cc(C(C)(C)C)ccn2)C=C1. The lowest BCUT2D eigenvalue weighted by atomic mass is 9.79. The summed E-state index contributed by atoms with van der Waals surface area (Å²) in [7, 11) is 0. The van der Waals surface area contributed by atoms with Gasteiger partial charge in [0.25, 0.3) is 0 Å². The Morgan fingerprint density at radius 3 is 2.15 bits per heavy atom.